The molecule has 21 heavy (non-hydrogen) atoms. The molecule has 1 N–H and O–H groups in total. The van der Waals surface area contributed by atoms with E-state index < -0.39 is 0 Å². The second-order valence-electron chi connectivity index (χ2n) is 5.85. The second kappa shape index (κ2) is 5.18. The summed E-state index contributed by atoms with van der Waals surface area (Å²) in [4.78, 5) is 15.4. The number of piperazine rings is 1. The van der Waals surface area contributed by atoms with E-state index in [1.165, 1.54) is 18.4 Å². The molecule has 0 amide bonds. The molecular weight excluding hydrogens is 269 g/mol. The maximum atomic E-state index is 13.0. The van der Waals surface area contributed by atoms with Crippen LogP contribution >= 0.6 is 0 Å². The van der Waals surface area contributed by atoms with Crippen molar-refractivity contribution in [2.24, 2.45) is 0 Å². The first-order valence-electron chi connectivity index (χ1n) is 7.49. The zero-order chi connectivity index (χ0) is 14.2. The summed E-state index contributed by atoms with van der Waals surface area (Å²) in [6, 6.07) is -0.116. The number of rotatable bonds is 3. The third-order valence-electron chi connectivity index (χ3n) is 4.31. The van der Waals surface area contributed by atoms with Crippen LogP contribution in [-0.2, 0) is 0 Å². The number of pyridine rings is 1. The maximum absolute atomic E-state index is 13.0. The SMILES string of the molecule is FC[C@H]1CN(c2ncnc3cncc(C4CC4)c23)CCN1. The molecule has 1 atom stereocenters. The number of alkyl halides is 1. The van der Waals surface area contributed by atoms with Gasteiger partial charge in [0.2, 0.25) is 0 Å². The van der Waals surface area contributed by atoms with Gasteiger partial charge in [0.1, 0.15) is 18.8 Å². The Morgan fingerprint density at radius 1 is 1.29 bits per heavy atom. The summed E-state index contributed by atoms with van der Waals surface area (Å²) in [5.41, 5.74) is 2.14. The lowest BCUT2D eigenvalue weighted by molar-refractivity contribution is 0.352. The van der Waals surface area contributed by atoms with Crippen molar-refractivity contribution >= 4 is 16.7 Å². The Labute approximate surface area is 122 Å². The zero-order valence-electron chi connectivity index (χ0n) is 11.8. The van der Waals surface area contributed by atoms with Crippen LogP contribution < -0.4 is 10.2 Å². The largest absolute Gasteiger partial charge is 0.353 e. The number of halogens is 1. The fourth-order valence-corrected chi connectivity index (χ4v) is 3.08. The van der Waals surface area contributed by atoms with Crippen molar-refractivity contribution in [3.05, 3.63) is 24.3 Å². The molecule has 2 aliphatic rings. The van der Waals surface area contributed by atoms with Gasteiger partial charge in [-0.2, -0.15) is 0 Å². The molecule has 110 valence electrons. The predicted octanol–water partition coefficient (Wildman–Crippen LogP) is 1.65. The summed E-state index contributed by atoms with van der Waals surface area (Å²) in [5, 5.41) is 4.30. The molecule has 1 aliphatic carbocycles. The van der Waals surface area contributed by atoms with Gasteiger partial charge in [-0.15, -0.1) is 0 Å². The van der Waals surface area contributed by atoms with Crippen LogP contribution in [0.5, 0.6) is 0 Å². The van der Waals surface area contributed by atoms with Crippen LogP contribution in [0, 0.1) is 0 Å². The summed E-state index contributed by atoms with van der Waals surface area (Å²) >= 11 is 0. The van der Waals surface area contributed by atoms with Gasteiger partial charge in [0.25, 0.3) is 0 Å². The van der Waals surface area contributed by atoms with Gasteiger partial charge in [0.05, 0.1) is 17.8 Å². The van der Waals surface area contributed by atoms with Crippen molar-refractivity contribution in [1.82, 2.24) is 20.3 Å². The van der Waals surface area contributed by atoms with Crippen LogP contribution in [0.1, 0.15) is 24.3 Å². The molecule has 0 aromatic carbocycles. The molecule has 1 saturated heterocycles. The summed E-state index contributed by atoms with van der Waals surface area (Å²) < 4.78 is 13.0. The van der Waals surface area contributed by atoms with Gasteiger partial charge in [0.15, 0.2) is 0 Å². The van der Waals surface area contributed by atoms with E-state index in [9.17, 15) is 4.39 Å². The Kier molecular flexibility index (Phi) is 3.18. The highest BCUT2D eigenvalue weighted by molar-refractivity contribution is 5.92. The Bertz CT molecular complexity index is 652. The van der Waals surface area contributed by atoms with E-state index in [4.69, 9.17) is 0 Å². The van der Waals surface area contributed by atoms with Crippen molar-refractivity contribution in [2.75, 3.05) is 31.2 Å². The number of anilines is 1. The number of nitrogens with one attached hydrogen (secondary N) is 1. The van der Waals surface area contributed by atoms with E-state index in [0.717, 1.165) is 29.8 Å². The van der Waals surface area contributed by atoms with Crippen molar-refractivity contribution in [3.8, 4) is 0 Å². The van der Waals surface area contributed by atoms with Crippen molar-refractivity contribution < 1.29 is 4.39 Å². The second-order valence-corrected chi connectivity index (χ2v) is 5.85. The first-order valence-corrected chi connectivity index (χ1v) is 7.49. The topological polar surface area (TPSA) is 53.9 Å². The molecule has 0 unspecified atom stereocenters. The number of nitrogens with zero attached hydrogens (tertiary/aromatic N) is 4. The highest BCUT2D eigenvalue weighted by Gasteiger charge is 2.29. The molecular formula is C15H18FN5. The molecule has 5 nitrogen and oxygen atoms in total. The average Bonchev–Trinajstić information content (AvgIpc) is 3.38. The minimum atomic E-state index is -0.351. The standard InChI is InChI=1S/C15H18FN5/c16-5-11-8-21(4-3-18-11)15-14-12(10-1-2-10)6-17-7-13(14)19-9-20-15/h6-7,9-11,18H,1-5,8H2/t11-/m0/s1. The number of hydrogen-bond acceptors (Lipinski definition) is 5. The molecule has 1 aliphatic heterocycles. The third-order valence-corrected chi connectivity index (χ3v) is 4.31. The number of hydrogen-bond donors (Lipinski definition) is 1. The van der Waals surface area contributed by atoms with Crippen LogP contribution in [0.2, 0.25) is 0 Å². The molecule has 0 spiro atoms. The highest BCUT2D eigenvalue weighted by atomic mass is 19.1. The Hall–Kier alpha value is -1.82. The van der Waals surface area contributed by atoms with Crippen LogP contribution in [0.4, 0.5) is 10.2 Å². The van der Waals surface area contributed by atoms with E-state index in [0.29, 0.717) is 12.5 Å². The molecule has 2 fully saturated rings. The highest BCUT2D eigenvalue weighted by Crippen LogP contribution is 2.44. The summed E-state index contributed by atoms with van der Waals surface area (Å²) in [5.74, 6) is 1.52. The lowest BCUT2D eigenvalue weighted by atomic mass is 10.1. The zero-order valence-corrected chi connectivity index (χ0v) is 11.8. The first-order chi connectivity index (χ1) is 10.4. The van der Waals surface area contributed by atoms with Crippen molar-refractivity contribution in [1.29, 1.82) is 0 Å². The molecule has 0 radical (unpaired) electrons. The molecule has 0 bridgehead atoms. The molecule has 6 heteroatoms. The lowest BCUT2D eigenvalue weighted by Crippen LogP contribution is -2.52. The maximum Gasteiger partial charge on any atom is 0.140 e. The van der Waals surface area contributed by atoms with E-state index in [1.54, 1.807) is 12.5 Å². The number of fused-ring (bicyclic) bond motifs is 1. The minimum Gasteiger partial charge on any atom is -0.353 e. The fourth-order valence-electron chi connectivity index (χ4n) is 3.08. The van der Waals surface area contributed by atoms with Gasteiger partial charge in [-0.05, 0) is 24.3 Å². The van der Waals surface area contributed by atoms with Crippen LogP contribution in [-0.4, -0.2) is 47.3 Å². The molecule has 2 aromatic rings. The van der Waals surface area contributed by atoms with Gasteiger partial charge in [-0.3, -0.25) is 4.98 Å². The lowest BCUT2D eigenvalue weighted by Gasteiger charge is -2.34. The quantitative estimate of drug-likeness (QED) is 0.930. The molecule has 4 rings (SSSR count). The Morgan fingerprint density at radius 3 is 3.00 bits per heavy atom. The van der Waals surface area contributed by atoms with E-state index in [1.807, 2.05) is 6.20 Å². The average molecular weight is 287 g/mol. The fraction of sp³-hybridized carbons (Fsp3) is 0.533. The van der Waals surface area contributed by atoms with Gasteiger partial charge in [-0.25, -0.2) is 14.4 Å². The smallest absolute Gasteiger partial charge is 0.140 e. The summed E-state index contributed by atoms with van der Waals surface area (Å²) in [6.07, 6.45) is 7.75. The first kappa shape index (κ1) is 12.9. The summed E-state index contributed by atoms with van der Waals surface area (Å²) in [7, 11) is 0. The molecule has 3 heterocycles. The Morgan fingerprint density at radius 2 is 2.19 bits per heavy atom. The van der Waals surface area contributed by atoms with E-state index in [2.05, 4.69) is 25.2 Å². The van der Waals surface area contributed by atoms with Crippen LogP contribution in [0.15, 0.2) is 18.7 Å². The predicted molar refractivity (Wildman–Crippen MR) is 79.3 cm³/mol. The van der Waals surface area contributed by atoms with Crippen LogP contribution in [0.25, 0.3) is 10.9 Å². The molecule has 2 aromatic heterocycles. The normalized spacial score (nSPS) is 22.7. The Balaban J connectivity index is 1.80. The van der Waals surface area contributed by atoms with Crippen molar-refractivity contribution in [3.63, 3.8) is 0 Å². The minimum absolute atomic E-state index is 0.116. The van der Waals surface area contributed by atoms with Gasteiger partial charge in [-0.1, -0.05) is 0 Å². The summed E-state index contributed by atoms with van der Waals surface area (Å²) in [6.45, 7) is 1.92. The monoisotopic (exact) mass is 287 g/mol. The number of aromatic nitrogens is 3. The van der Waals surface area contributed by atoms with Crippen molar-refractivity contribution in [2.45, 2.75) is 24.8 Å². The molecule has 1 saturated carbocycles. The third kappa shape index (κ3) is 2.33. The van der Waals surface area contributed by atoms with Gasteiger partial charge in [0, 0.05) is 31.2 Å². The van der Waals surface area contributed by atoms with E-state index >= 15 is 0 Å². The van der Waals surface area contributed by atoms with Gasteiger partial charge >= 0.3 is 0 Å². The van der Waals surface area contributed by atoms with Crippen LogP contribution in [0.3, 0.4) is 0 Å². The van der Waals surface area contributed by atoms with E-state index in [-0.39, 0.29) is 12.7 Å². The van der Waals surface area contributed by atoms with Gasteiger partial charge < -0.3 is 10.2 Å².